The van der Waals surface area contributed by atoms with Crippen molar-refractivity contribution in [3.8, 4) is 0 Å². The third-order valence-electron chi connectivity index (χ3n) is 2.86. The fourth-order valence-electron chi connectivity index (χ4n) is 1.81. The monoisotopic (exact) mass is 245 g/mol. The number of rotatable bonds is 2. The molecule has 0 aliphatic carbocycles. The van der Waals surface area contributed by atoms with Gasteiger partial charge in [-0.05, 0) is 4.57 Å². The Labute approximate surface area is 96.8 Å². The number of guanidine groups is 1. The summed E-state index contributed by atoms with van der Waals surface area (Å²) < 4.78 is 23.4. The van der Waals surface area contributed by atoms with Gasteiger partial charge >= 0.3 is 8.10 Å². The van der Waals surface area contributed by atoms with Crippen molar-refractivity contribution < 1.29 is 9.30 Å². The summed E-state index contributed by atoms with van der Waals surface area (Å²) in [6.45, 7) is 4.61. The predicted molar refractivity (Wildman–Crippen MR) is 62.7 cm³/mol. The molecular weight excluding hydrogens is 227 g/mol. The Morgan fingerprint density at radius 2 is 1.69 bits per heavy atom. The number of nitrogens with zero attached hydrogens (tertiary/aromatic N) is 4. The van der Waals surface area contributed by atoms with Gasteiger partial charge in [-0.15, -0.1) is 0 Å². The molecule has 2 rings (SSSR count). The second kappa shape index (κ2) is 5.08. The third-order valence-corrected chi connectivity index (χ3v) is 4.09. The summed E-state index contributed by atoms with van der Waals surface area (Å²) in [7, 11) is 2.30. The first-order valence-corrected chi connectivity index (χ1v) is 6.66. The Morgan fingerprint density at radius 3 is 2.25 bits per heavy atom. The summed E-state index contributed by atoms with van der Waals surface area (Å²) in [5.74, 6) is 0.826. The fourth-order valence-corrected chi connectivity index (χ4v) is 2.90. The molecule has 0 bridgehead atoms. The van der Waals surface area contributed by atoms with Gasteiger partial charge in [0.2, 0.25) is 0 Å². The van der Waals surface area contributed by atoms with Crippen LogP contribution in [0.4, 0.5) is 0 Å². The molecule has 1 atom stereocenters. The van der Waals surface area contributed by atoms with Crippen molar-refractivity contribution in [2.45, 2.75) is 0 Å². The van der Waals surface area contributed by atoms with Gasteiger partial charge in [0.1, 0.15) is 0 Å². The molecular formula is C9H18N4O2P+. The summed E-state index contributed by atoms with van der Waals surface area (Å²) in [6.07, 6.45) is 0. The number of morpholine rings is 1. The first-order chi connectivity index (χ1) is 7.68. The van der Waals surface area contributed by atoms with E-state index < -0.39 is 8.10 Å². The maximum atomic E-state index is 12.0. The number of hydrogen-bond acceptors (Lipinski definition) is 2. The van der Waals surface area contributed by atoms with E-state index in [4.69, 9.17) is 4.74 Å². The molecule has 0 N–H and O–H groups in total. The maximum absolute atomic E-state index is 12.0. The maximum Gasteiger partial charge on any atom is 0.593 e. The number of ether oxygens (including phenoxy) is 1. The van der Waals surface area contributed by atoms with E-state index in [1.807, 2.05) is 28.6 Å². The first kappa shape index (κ1) is 11.8. The lowest BCUT2D eigenvalue weighted by atomic mass is 10.5. The molecule has 16 heavy (non-hydrogen) atoms. The van der Waals surface area contributed by atoms with Gasteiger partial charge in [0.25, 0.3) is 5.96 Å². The van der Waals surface area contributed by atoms with E-state index in [0.717, 1.165) is 19.0 Å². The number of hydrogen-bond donors (Lipinski definition) is 0. The van der Waals surface area contributed by atoms with Crippen LogP contribution in [-0.4, -0.2) is 73.9 Å². The van der Waals surface area contributed by atoms with Gasteiger partial charge < -0.3 is 14.5 Å². The third kappa shape index (κ3) is 2.51. The van der Waals surface area contributed by atoms with Crippen LogP contribution in [-0.2, 0) is 9.30 Å². The molecule has 0 spiro atoms. The molecule has 7 heteroatoms. The zero-order valence-electron chi connectivity index (χ0n) is 9.80. The van der Waals surface area contributed by atoms with E-state index in [0.29, 0.717) is 26.3 Å². The molecule has 0 aromatic carbocycles. The highest BCUT2D eigenvalue weighted by Gasteiger charge is 2.33. The summed E-state index contributed by atoms with van der Waals surface area (Å²) in [6, 6.07) is 0. The van der Waals surface area contributed by atoms with Crippen LogP contribution in [0.25, 0.3) is 0 Å². The van der Waals surface area contributed by atoms with Gasteiger partial charge in [-0.2, -0.15) is 0 Å². The number of likely N-dealkylation sites (N-methyl/N-ethyl adjacent to an activating group) is 2. The van der Waals surface area contributed by atoms with Gasteiger partial charge in [0.05, 0.1) is 26.3 Å². The molecule has 2 fully saturated rings. The van der Waals surface area contributed by atoms with E-state index >= 15 is 0 Å². The lowest BCUT2D eigenvalue weighted by molar-refractivity contribution is 0.0736. The summed E-state index contributed by atoms with van der Waals surface area (Å²) in [4.78, 5) is 4.07. The molecule has 0 aromatic rings. The minimum Gasteiger partial charge on any atom is -0.378 e. The Bertz CT molecular complexity index is 292. The Kier molecular flexibility index (Phi) is 3.74. The van der Waals surface area contributed by atoms with E-state index in [-0.39, 0.29) is 0 Å². The normalized spacial score (nSPS) is 23.9. The summed E-state index contributed by atoms with van der Waals surface area (Å²) in [5.41, 5.74) is 0. The molecule has 6 nitrogen and oxygen atoms in total. The van der Waals surface area contributed by atoms with Crippen molar-refractivity contribution in [1.29, 1.82) is 0 Å². The van der Waals surface area contributed by atoms with Crippen LogP contribution < -0.4 is 0 Å². The van der Waals surface area contributed by atoms with Crippen molar-refractivity contribution in [1.82, 2.24) is 14.5 Å². The zero-order valence-corrected chi connectivity index (χ0v) is 10.7. The SMILES string of the molecule is CN1CCN(C)C1=N[P+](=O)N1CCOCC1. The van der Waals surface area contributed by atoms with Crippen LogP contribution >= 0.6 is 8.10 Å². The van der Waals surface area contributed by atoms with Crippen LogP contribution in [0.15, 0.2) is 4.76 Å². The van der Waals surface area contributed by atoms with Crippen molar-refractivity contribution in [3.63, 3.8) is 0 Å². The Balaban J connectivity index is 2.01. The quantitative estimate of drug-likeness (QED) is 0.651. The average molecular weight is 245 g/mol. The highest BCUT2D eigenvalue weighted by atomic mass is 31.1. The largest absolute Gasteiger partial charge is 0.593 e. The average Bonchev–Trinajstić information content (AvgIpc) is 2.62. The van der Waals surface area contributed by atoms with Gasteiger partial charge in [-0.1, -0.05) is 4.67 Å². The van der Waals surface area contributed by atoms with Crippen LogP contribution in [0.2, 0.25) is 0 Å². The van der Waals surface area contributed by atoms with Crippen LogP contribution in [0.3, 0.4) is 0 Å². The second-order valence-corrected chi connectivity index (χ2v) is 5.33. The van der Waals surface area contributed by atoms with Gasteiger partial charge in [0, 0.05) is 31.9 Å². The van der Waals surface area contributed by atoms with Crippen molar-refractivity contribution >= 4 is 14.1 Å². The molecule has 2 saturated heterocycles. The molecule has 0 saturated carbocycles. The van der Waals surface area contributed by atoms with Crippen LogP contribution in [0.5, 0.6) is 0 Å². The first-order valence-electron chi connectivity index (χ1n) is 5.49. The van der Waals surface area contributed by atoms with Gasteiger partial charge in [0.15, 0.2) is 0 Å². The molecule has 0 radical (unpaired) electrons. The topological polar surface area (TPSA) is 48.4 Å². The Morgan fingerprint density at radius 1 is 1.12 bits per heavy atom. The molecule has 0 amide bonds. The van der Waals surface area contributed by atoms with Gasteiger partial charge in [-0.3, -0.25) is 0 Å². The molecule has 0 aromatic heterocycles. The van der Waals surface area contributed by atoms with E-state index in [9.17, 15) is 4.57 Å². The molecule has 2 aliphatic heterocycles. The van der Waals surface area contributed by atoms with E-state index in [2.05, 4.69) is 4.76 Å². The fraction of sp³-hybridized carbons (Fsp3) is 0.889. The molecule has 2 aliphatic rings. The molecule has 90 valence electrons. The smallest absolute Gasteiger partial charge is 0.378 e. The van der Waals surface area contributed by atoms with Crippen molar-refractivity contribution in [2.24, 2.45) is 4.76 Å². The van der Waals surface area contributed by atoms with E-state index in [1.165, 1.54) is 0 Å². The predicted octanol–water partition coefficient (Wildman–Crippen LogP) is 0.209. The lowest BCUT2D eigenvalue weighted by Crippen LogP contribution is -2.32. The van der Waals surface area contributed by atoms with E-state index in [1.54, 1.807) is 0 Å². The highest BCUT2D eigenvalue weighted by Crippen LogP contribution is 2.30. The molecule has 1 unspecified atom stereocenters. The van der Waals surface area contributed by atoms with Crippen molar-refractivity contribution in [2.75, 3.05) is 53.5 Å². The highest BCUT2D eigenvalue weighted by molar-refractivity contribution is 7.40. The minimum atomic E-state index is -1.66. The second-order valence-electron chi connectivity index (χ2n) is 4.06. The summed E-state index contributed by atoms with van der Waals surface area (Å²) in [5, 5.41) is 0. The summed E-state index contributed by atoms with van der Waals surface area (Å²) >= 11 is 0. The molecule has 2 heterocycles. The van der Waals surface area contributed by atoms with Crippen LogP contribution in [0, 0.1) is 0 Å². The van der Waals surface area contributed by atoms with Gasteiger partial charge in [-0.25, -0.2) is 0 Å². The zero-order chi connectivity index (χ0) is 11.5. The Hall–Kier alpha value is -0.710. The minimum absolute atomic E-state index is 0.650. The van der Waals surface area contributed by atoms with Crippen molar-refractivity contribution in [3.05, 3.63) is 0 Å². The standard InChI is InChI=1S/C9H18N4O2P/c1-11-3-4-12(2)9(11)10-16(14)13-5-7-15-8-6-13/h3-8H2,1-2H3/q+1. The lowest BCUT2D eigenvalue weighted by Gasteiger charge is -2.16. The van der Waals surface area contributed by atoms with Crippen LogP contribution in [0.1, 0.15) is 0 Å².